The van der Waals surface area contributed by atoms with Crippen molar-refractivity contribution in [2.75, 3.05) is 24.6 Å². The summed E-state index contributed by atoms with van der Waals surface area (Å²) < 4.78 is 25.1. The fraction of sp³-hybridized carbons (Fsp3) is 0.478. The standard InChI is InChI=1S/C23H28FN3O3S/c1-15(18-7-8-19(24)20(11-18)29-13-16-5-6-16)25-9-3-2-4-17-10-22(30-14-17)27-12-21(31)26-23(27)28/h7-8,10-11,14-16,25H,2-6,9,12-13H2,1H3,(H,26,28,31)/t15-/m1/s1. The zero-order valence-corrected chi connectivity index (χ0v) is 18.5. The van der Waals surface area contributed by atoms with E-state index in [0.717, 1.165) is 36.9 Å². The average Bonchev–Trinajstić information content (AvgIpc) is 3.36. The third kappa shape index (κ3) is 5.83. The molecule has 6 nitrogen and oxygen atoms in total. The lowest BCUT2D eigenvalue weighted by Crippen LogP contribution is -2.27. The molecule has 0 spiro atoms. The smallest absolute Gasteiger partial charge is 0.329 e. The Labute approximate surface area is 187 Å². The van der Waals surface area contributed by atoms with Gasteiger partial charge >= 0.3 is 6.03 Å². The van der Waals surface area contributed by atoms with E-state index in [4.69, 9.17) is 21.4 Å². The van der Waals surface area contributed by atoms with Gasteiger partial charge in [-0.1, -0.05) is 18.3 Å². The van der Waals surface area contributed by atoms with Crippen LogP contribution in [0, 0.1) is 11.7 Å². The highest BCUT2D eigenvalue weighted by atomic mass is 32.1. The average molecular weight is 446 g/mol. The van der Waals surface area contributed by atoms with Crippen molar-refractivity contribution in [3.63, 3.8) is 0 Å². The third-order valence-corrected chi connectivity index (χ3v) is 5.90. The van der Waals surface area contributed by atoms with E-state index in [9.17, 15) is 9.18 Å². The number of ether oxygens (including phenoxy) is 1. The minimum absolute atomic E-state index is 0.113. The van der Waals surface area contributed by atoms with Crippen LogP contribution in [0.15, 0.2) is 34.9 Å². The number of aryl methyl sites for hydroxylation is 1. The Morgan fingerprint density at radius 2 is 2.19 bits per heavy atom. The van der Waals surface area contributed by atoms with Crippen molar-refractivity contribution in [2.45, 2.75) is 45.1 Å². The molecule has 2 aromatic rings. The Morgan fingerprint density at radius 3 is 2.94 bits per heavy atom. The number of amides is 2. The van der Waals surface area contributed by atoms with E-state index in [0.29, 0.717) is 35.7 Å². The molecule has 2 N–H and O–H groups in total. The van der Waals surface area contributed by atoms with E-state index in [1.54, 1.807) is 6.26 Å². The lowest BCUT2D eigenvalue weighted by atomic mass is 10.1. The number of carbonyl (C=O) groups excluding carboxylic acids is 1. The number of nitrogens with zero attached hydrogens (tertiary/aromatic N) is 1. The van der Waals surface area contributed by atoms with Gasteiger partial charge in [0.15, 0.2) is 11.6 Å². The Hall–Kier alpha value is -2.45. The van der Waals surface area contributed by atoms with Gasteiger partial charge in [-0.3, -0.25) is 4.90 Å². The first kappa shape index (κ1) is 21.8. The number of thiocarbonyl (C=S) groups is 1. The number of halogens is 1. The predicted molar refractivity (Wildman–Crippen MR) is 121 cm³/mol. The van der Waals surface area contributed by atoms with Crippen LogP contribution in [0.25, 0.3) is 0 Å². The Kier molecular flexibility index (Phi) is 6.87. The maximum Gasteiger partial charge on any atom is 0.329 e. The van der Waals surface area contributed by atoms with Crippen molar-refractivity contribution in [3.8, 4) is 5.75 Å². The number of rotatable bonds is 11. The summed E-state index contributed by atoms with van der Waals surface area (Å²) in [6.07, 6.45) is 6.91. The number of nitrogens with one attached hydrogen (secondary N) is 2. The molecule has 2 heterocycles. The molecule has 2 amide bonds. The van der Waals surface area contributed by atoms with Crippen molar-refractivity contribution in [2.24, 2.45) is 5.92 Å². The summed E-state index contributed by atoms with van der Waals surface area (Å²) in [5, 5.41) is 6.09. The van der Waals surface area contributed by atoms with Crippen molar-refractivity contribution in [1.29, 1.82) is 0 Å². The molecule has 1 aliphatic carbocycles. The van der Waals surface area contributed by atoms with Gasteiger partial charge in [-0.05, 0) is 74.8 Å². The van der Waals surface area contributed by atoms with Crippen LogP contribution >= 0.6 is 12.2 Å². The van der Waals surface area contributed by atoms with Crippen LogP contribution in [0.3, 0.4) is 0 Å². The first-order valence-corrected chi connectivity index (χ1v) is 11.2. The zero-order valence-electron chi connectivity index (χ0n) is 17.7. The number of furan rings is 1. The van der Waals surface area contributed by atoms with Crippen LogP contribution in [-0.4, -0.2) is 30.7 Å². The van der Waals surface area contributed by atoms with Crippen molar-refractivity contribution in [3.05, 3.63) is 47.5 Å². The largest absolute Gasteiger partial charge is 0.490 e. The highest BCUT2D eigenvalue weighted by Crippen LogP contribution is 2.31. The van der Waals surface area contributed by atoms with Crippen molar-refractivity contribution in [1.82, 2.24) is 10.6 Å². The third-order valence-electron chi connectivity index (χ3n) is 5.67. The molecule has 31 heavy (non-hydrogen) atoms. The molecule has 0 bridgehead atoms. The Balaban J connectivity index is 1.18. The summed E-state index contributed by atoms with van der Waals surface area (Å²) in [6.45, 7) is 3.89. The fourth-order valence-electron chi connectivity index (χ4n) is 3.54. The van der Waals surface area contributed by atoms with E-state index >= 15 is 0 Å². The normalized spacial score (nSPS) is 17.2. The predicted octanol–water partition coefficient (Wildman–Crippen LogP) is 4.74. The second-order valence-electron chi connectivity index (χ2n) is 8.31. The molecule has 2 fully saturated rings. The monoisotopic (exact) mass is 445 g/mol. The molecule has 1 aromatic carbocycles. The lowest BCUT2D eigenvalue weighted by Gasteiger charge is -2.16. The van der Waals surface area contributed by atoms with Gasteiger partial charge in [-0.2, -0.15) is 0 Å². The van der Waals surface area contributed by atoms with Crippen LogP contribution in [-0.2, 0) is 6.42 Å². The number of benzene rings is 1. The maximum atomic E-state index is 14.0. The summed E-state index contributed by atoms with van der Waals surface area (Å²) in [7, 11) is 0. The second-order valence-corrected chi connectivity index (χ2v) is 8.80. The topological polar surface area (TPSA) is 66.7 Å². The molecule has 1 aliphatic heterocycles. The minimum Gasteiger partial charge on any atom is -0.490 e. The molecule has 2 aliphatic rings. The zero-order chi connectivity index (χ0) is 21.8. The molecule has 166 valence electrons. The van der Waals surface area contributed by atoms with Crippen LogP contribution in [0.5, 0.6) is 5.75 Å². The Morgan fingerprint density at radius 1 is 1.35 bits per heavy atom. The minimum atomic E-state index is -0.302. The molecule has 1 atom stereocenters. The van der Waals surface area contributed by atoms with E-state index in [2.05, 4.69) is 17.6 Å². The van der Waals surface area contributed by atoms with Crippen LogP contribution in [0.2, 0.25) is 0 Å². The lowest BCUT2D eigenvalue weighted by molar-refractivity contribution is 0.252. The van der Waals surface area contributed by atoms with E-state index in [-0.39, 0.29) is 17.9 Å². The molecule has 1 aromatic heterocycles. The molecule has 8 heteroatoms. The van der Waals surface area contributed by atoms with E-state index in [1.807, 2.05) is 18.2 Å². The van der Waals surface area contributed by atoms with Crippen molar-refractivity contribution >= 4 is 29.1 Å². The van der Waals surface area contributed by atoms with Gasteiger partial charge in [-0.15, -0.1) is 0 Å². The van der Waals surface area contributed by atoms with Crippen LogP contribution in [0.4, 0.5) is 15.1 Å². The summed E-state index contributed by atoms with van der Waals surface area (Å²) in [5.41, 5.74) is 2.08. The summed E-state index contributed by atoms with van der Waals surface area (Å²) in [4.78, 5) is 13.8. The highest BCUT2D eigenvalue weighted by Gasteiger charge is 2.27. The van der Waals surface area contributed by atoms with Gasteiger partial charge in [-0.25, -0.2) is 9.18 Å². The van der Waals surface area contributed by atoms with Gasteiger partial charge in [0, 0.05) is 12.1 Å². The summed E-state index contributed by atoms with van der Waals surface area (Å²) in [5.74, 6) is 1.16. The summed E-state index contributed by atoms with van der Waals surface area (Å²) >= 11 is 5.03. The van der Waals surface area contributed by atoms with Crippen LogP contribution < -0.4 is 20.3 Å². The number of carbonyl (C=O) groups is 1. The highest BCUT2D eigenvalue weighted by molar-refractivity contribution is 7.80. The SMILES string of the molecule is C[C@@H](NCCCCc1coc(N2CC(=S)NC2=O)c1)c1ccc(F)c(OCC2CC2)c1. The molecule has 1 saturated carbocycles. The molecule has 0 unspecified atom stereocenters. The first-order valence-electron chi connectivity index (χ1n) is 10.8. The van der Waals surface area contributed by atoms with Crippen LogP contribution in [0.1, 0.15) is 49.8 Å². The Bertz CT molecular complexity index is 944. The van der Waals surface area contributed by atoms with Gasteiger partial charge < -0.3 is 19.8 Å². The number of hydrogen-bond donors (Lipinski definition) is 2. The summed E-state index contributed by atoms with van der Waals surface area (Å²) in [6, 6.07) is 6.87. The molecule has 4 rings (SSSR count). The van der Waals surface area contributed by atoms with Gasteiger partial charge in [0.25, 0.3) is 0 Å². The van der Waals surface area contributed by atoms with Gasteiger partial charge in [0.2, 0.25) is 5.88 Å². The first-order chi connectivity index (χ1) is 15.0. The van der Waals surface area contributed by atoms with Crippen molar-refractivity contribution < 1.29 is 18.3 Å². The molecular weight excluding hydrogens is 417 g/mol. The second kappa shape index (κ2) is 9.78. The number of hydrogen-bond acceptors (Lipinski definition) is 5. The molecular formula is C23H28FN3O3S. The molecule has 0 radical (unpaired) electrons. The van der Waals surface area contributed by atoms with Gasteiger partial charge in [0.05, 0.1) is 19.4 Å². The van der Waals surface area contributed by atoms with E-state index < -0.39 is 0 Å². The van der Waals surface area contributed by atoms with E-state index in [1.165, 1.54) is 23.8 Å². The fourth-order valence-corrected chi connectivity index (χ4v) is 3.75. The number of urea groups is 1. The number of anilines is 1. The maximum absolute atomic E-state index is 14.0. The number of unbranched alkanes of at least 4 members (excludes halogenated alkanes) is 1. The van der Waals surface area contributed by atoms with Gasteiger partial charge in [0.1, 0.15) is 4.99 Å². The molecule has 1 saturated heterocycles. The quantitative estimate of drug-likeness (QED) is 0.386.